The Morgan fingerprint density at radius 3 is 2.16 bits per heavy atom. The van der Waals surface area contributed by atoms with E-state index >= 15 is 0 Å². The number of aromatic nitrogens is 3. The van der Waals surface area contributed by atoms with Crippen molar-refractivity contribution in [3.8, 4) is 22.9 Å². The van der Waals surface area contributed by atoms with Gasteiger partial charge in [-0.2, -0.15) is 5.10 Å². The number of fused-ring (bicyclic) bond motifs is 5. The van der Waals surface area contributed by atoms with Crippen molar-refractivity contribution in [3.63, 3.8) is 0 Å². The molecule has 332 valence electrons. The summed E-state index contributed by atoms with van der Waals surface area (Å²) in [5, 5.41) is 28.0. The van der Waals surface area contributed by atoms with Gasteiger partial charge in [-0.05, 0) is 88.7 Å². The van der Waals surface area contributed by atoms with Crippen molar-refractivity contribution in [2.24, 2.45) is 39.4 Å². The van der Waals surface area contributed by atoms with Crippen molar-refractivity contribution < 1.29 is 57.9 Å². The van der Waals surface area contributed by atoms with E-state index in [0.717, 1.165) is 10.3 Å². The number of aliphatic hydroxyl groups excluding tert-OH is 1. The SMILES string of the molecule is COc1cc(-n2cnn(CC(=O)O[C@H]3C[C@@H]4C(=CC[C@@H]5[C@@]4(C)C(=O)C[C@]4(C)[C@@H]([C@@](C)(O)C(=O)/C=C/C(C)(C)OC(C)=O)[C@H](O)C[C@@]54C)C(C)(C)C3=O)c2=O)cc(OC)c1OC. The van der Waals surface area contributed by atoms with E-state index in [9.17, 15) is 39.0 Å². The molecule has 0 unspecified atom stereocenters. The summed E-state index contributed by atoms with van der Waals surface area (Å²) < 4.78 is 29.5. The van der Waals surface area contributed by atoms with Crippen LogP contribution in [-0.4, -0.2) is 98.6 Å². The fraction of sp³-hybridized carbons (Fsp3) is 0.622. The second-order valence-electron chi connectivity index (χ2n) is 19.0. The molecule has 2 aromatic rings. The summed E-state index contributed by atoms with van der Waals surface area (Å²) in [6, 6.07) is 3.11. The molecule has 4 aliphatic carbocycles. The Balaban J connectivity index is 1.26. The van der Waals surface area contributed by atoms with Crippen LogP contribution in [0.3, 0.4) is 0 Å². The second kappa shape index (κ2) is 15.4. The van der Waals surface area contributed by atoms with Crippen LogP contribution in [0.15, 0.2) is 47.1 Å². The summed E-state index contributed by atoms with van der Waals surface area (Å²) in [5.41, 5.74) is -6.79. The zero-order valence-electron chi connectivity index (χ0n) is 37.1. The summed E-state index contributed by atoms with van der Waals surface area (Å²) in [4.78, 5) is 81.6. The van der Waals surface area contributed by atoms with E-state index in [1.165, 1.54) is 58.2 Å². The Kier molecular flexibility index (Phi) is 11.4. The molecule has 6 rings (SSSR count). The van der Waals surface area contributed by atoms with Gasteiger partial charge >= 0.3 is 17.6 Å². The molecule has 0 saturated heterocycles. The fourth-order valence-electron chi connectivity index (χ4n) is 11.6. The summed E-state index contributed by atoms with van der Waals surface area (Å²) >= 11 is 0. The van der Waals surface area contributed by atoms with E-state index in [1.807, 2.05) is 26.8 Å². The minimum Gasteiger partial charge on any atom is -0.493 e. The molecule has 4 aliphatic rings. The topological polar surface area (TPSA) is 212 Å². The van der Waals surface area contributed by atoms with Gasteiger partial charge in [-0.15, -0.1) is 0 Å². The number of ketones is 3. The van der Waals surface area contributed by atoms with Crippen LogP contribution in [0.1, 0.15) is 88.0 Å². The first-order valence-electron chi connectivity index (χ1n) is 20.5. The molecule has 3 saturated carbocycles. The van der Waals surface area contributed by atoms with E-state index in [4.69, 9.17) is 23.7 Å². The van der Waals surface area contributed by atoms with Crippen LogP contribution in [0, 0.1) is 39.4 Å². The molecule has 9 atom stereocenters. The molecule has 0 bridgehead atoms. The van der Waals surface area contributed by atoms with Gasteiger partial charge in [0, 0.05) is 42.2 Å². The summed E-state index contributed by atoms with van der Waals surface area (Å²) in [7, 11) is 4.33. The molecule has 16 heteroatoms. The highest BCUT2D eigenvalue weighted by atomic mass is 16.6. The van der Waals surface area contributed by atoms with Gasteiger partial charge in [0.15, 0.2) is 29.2 Å². The molecule has 0 aliphatic heterocycles. The molecule has 61 heavy (non-hydrogen) atoms. The molecule has 1 heterocycles. The van der Waals surface area contributed by atoms with E-state index in [2.05, 4.69) is 5.10 Å². The number of carbonyl (C=O) groups excluding carboxylic acids is 5. The lowest BCUT2D eigenvalue weighted by Gasteiger charge is -2.64. The first-order chi connectivity index (χ1) is 28.2. The van der Waals surface area contributed by atoms with Crippen molar-refractivity contribution in [2.45, 2.75) is 118 Å². The van der Waals surface area contributed by atoms with Crippen molar-refractivity contribution in [3.05, 3.63) is 52.7 Å². The number of aliphatic hydroxyl groups is 2. The van der Waals surface area contributed by atoms with Crippen molar-refractivity contribution >= 4 is 29.3 Å². The molecular formula is C45H59N3O13. The number of hydrogen-bond acceptors (Lipinski definition) is 14. The largest absolute Gasteiger partial charge is 0.493 e. The number of benzene rings is 1. The lowest BCUT2D eigenvalue weighted by molar-refractivity contribution is -0.185. The molecule has 1 aromatic carbocycles. The van der Waals surface area contributed by atoms with Gasteiger partial charge in [-0.25, -0.2) is 14.0 Å². The minimum absolute atomic E-state index is 0.0191. The Bertz CT molecular complexity index is 2260. The van der Waals surface area contributed by atoms with Gasteiger partial charge < -0.3 is 33.9 Å². The highest BCUT2D eigenvalue weighted by molar-refractivity contribution is 5.98. The second-order valence-corrected chi connectivity index (χ2v) is 19.0. The summed E-state index contributed by atoms with van der Waals surface area (Å²) in [6.45, 7) is 14.5. The van der Waals surface area contributed by atoms with E-state index in [-0.39, 0.29) is 36.7 Å². The lowest BCUT2D eigenvalue weighted by atomic mass is 9.38. The predicted molar refractivity (Wildman–Crippen MR) is 219 cm³/mol. The minimum atomic E-state index is -2.09. The predicted octanol–water partition coefficient (Wildman–Crippen LogP) is 4.12. The highest BCUT2D eigenvalue weighted by Gasteiger charge is 2.74. The monoisotopic (exact) mass is 849 g/mol. The zero-order valence-corrected chi connectivity index (χ0v) is 37.1. The van der Waals surface area contributed by atoms with Crippen LogP contribution in [0.5, 0.6) is 17.2 Å². The standard InChI is InChI=1S/C45H59N3O13/c1-24(49)61-40(2,3)16-15-33(51)45(9,56)37-28(50)20-42(6)32-14-13-26-27(44(32,8)34(52)21-43(37,42)7)19-31(38(54)41(26,4)5)60-35(53)22-48-39(55)47(23-46-48)25-17-29(57-10)36(59-12)30(18-25)58-11/h13,15-18,23,27-28,31-32,37,50,56H,14,19-22H2,1-12H3/b16-15+/t27-,28-,31+,32+,37+,42+,43-,44+,45+/m1/s1. The third-order valence-corrected chi connectivity index (χ3v) is 14.7. The first kappa shape index (κ1) is 45.4. The normalized spacial score (nSPS) is 31.6. The van der Waals surface area contributed by atoms with E-state index in [0.29, 0.717) is 29.4 Å². The van der Waals surface area contributed by atoms with Crippen molar-refractivity contribution in [1.82, 2.24) is 14.3 Å². The Labute approximate surface area is 355 Å². The quantitative estimate of drug-likeness (QED) is 0.175. The lowest BCUT2D eigenvalue weighted by Crippen LogP contribution is -2.65. The van der Waals surface area contributed by atoms with Gasteiger partial charge in [-0.3, -0.25) is 24.0 Å². The van der Waals surface area contributed by atoms with Gasteiger partial charge in [0.1, 0.15) is 29.9 Å². The fourth-order valence-corrected chi connectivity index (χ4v) is 11.6. The van der Waals surface area contributed by atoms with Crippen molar-refractivity contribution in [2.75, 3.05) is 21.3 Å². The highest BCUT2D eigenvalue weighted by Crippen LogP contribution is 2.74. The third kappa shape index (κ3) is 7.12. The van der Waals surface area contributed by atoms with Crippen LogP contribution < -0.4 is 19.9 Å². The van der Waals surface area contributed by atoms with Gasteiger partial charge in [0.2, 0.25) is 5.75 Å². The Morgan fingerprint density at radius 2 is 1.59 bits per heavy atom. The van der Waals surface area contributed by atoms with Crippen LogP contribution >= 0.6 is 0 Å². The Morgan fingerprint density at radius 1 is 0.967 bits per heavy atom. The number of hydrogen-bond donors (Lipinski definition) is 2. The molecule has 0 radical (unpaired) electrons. The number of ether oxygens (including phenoxy) is 5. The van der Waals surface area contributed by atoms with E-state index in [1.54, 1.807) is 39.8 Å². The number of esters is 2. The smallest absolute Gasteiger partial charge is 0.350 e. The molecule has 3 fully saturated rings. The first-order valence-corrected chi connectivity index (χ1v) is 20.5. The number of nitrogens with zero attached hydrogens (tertiary/aromatic N) is 3. The number of allylic oxidation sites excluding steroid dienone is 2. The van der Waals surface area contributed by atoms with Gasteiger partial charge in [0.05, 0.1) is 33.1 Å². The maximum atomic E-state index is 14.9. The van der Waals surface area contributed by atoms with Crippen LogP contribution in [0.2, 0.25) is 0 Å². The summed E-state index contributed by atoms with van der Waals surface area (Å²) in [6.07, 6.45) is 3.96. The molecule has 16 nitrogen and oxygen atoms in total. The van der Waals surface area contributed by atoms with Gasteiger partial charge in [0.25, 0.3) is 0 Å². The van der Waals surface area contributed by atoms with Crippen molar-refractivity contribution in [1.29, 1.82) is 0 Å². The summed E-state index contributed by atoms with van der Waals surface area (Å²) in [5.74, 6) is -3.60. The van der Waals surface area contributed by atoms with Gasteiger partial charge in [-0.1, -0.05) is 32.4 Å². The molecule has 0 spiro atoms. The molecule has 1 aromatic heterocycles. The van der Waals surface area contributed by atoms with Crippen LogP contribution in [0.25, 0.3) is 5.69 Å². The average Bonchev–Trinajstić information content (AvgIpc) is 3.63. The number of carbonyl (C=O) groups is 5. The molecule has 0 amide bonds. The van der Waals surface area contributed by atoms with Crippen LogP contribution in [-0.2, 0) is 40.0 Å². The molecular weight excluding hydrogens is 791 g/mol. The zero-order chi connectivity index (χ0) is 45.4. The van der Waals surface area contributed by atoms with E-state index < -0.39 is 86.9 Å². The maximum Gasteiger partial charge on any atom is 0.350 e. The van der Waals surface area contributed by atoms with Crippen LogP contribution in [0.4, 0.5) is 0 Å². The Hall–Kier alpha value is -5.09. The average molecular weight is 850 g/mol. The third-order valence-electron chi connectivity index (χ3n) is 14.7. The number of rotatable bonds is 12. The maximum absolute atomic E-state index is 14.9. The number of methoxy groups -OCH3 is 3. The number of Topliss-reactive ketones (excluding diaryl/α,β-unsaturated/α-hetero) is 2. The molecule has 2 N–H and O–H groups in total.